The molecule has 5 heteroatoms. The van der Waals surface area contributed by atoms with Crippen molar-refractivity contribution in [3.8, 4) is 0 Å². The summed E-state index contributed by atoms with van der Waals surface area (Å²) >= 11 is 0. The van der Waals surface area contributed by atoms with Crippen LogP contribution in [0.4, 0.5) is 8.78 Å². The molecule has 1 aliphatic heterocycles. The predicted molar refractivity (Wildman–Crippen MR) is 132 cm³/mol. The van der Waals surface area contributed by atoms with Gasteiger partial charge in [-0.2, -0.15) is 8.78 Å². The number of ether oxygens (including phenoxy) is 3. The molecule has 1 saturated heterocycles. The lowest BCUT2D eigenvalue weighted by Gasteiger charge is -2.41. The van der Waals surface area contributed by atoms with Crippen LogP contribution in [0.25, 0.3) is 0 Å². The molecule has 1 heterocycles. The molecule has 34 heavy (non-hydrogen) atoms. The molecule has 0 N–H and O–H groups in total. The normalized spacial score (nSPS) is 39.5. The predicted octanol–water partition coefficient (Wildman–Crippen LogP) is 8.13. The first-order valence-corrected chi connectivity index (χ1v) is 14.5. The monoisotopic (exact) mass is 482 g/mol. The molecule has 3 saturated carbocycles. The van der Waals surface area contributed by atoms with Crippen molar-refractivity contribution >= 4 is 0 Å². The van der Waals surface area contributed by atoms with Gasteiger partial charge in [-0.25, -0.2) is 0 Å². The molecule has 0 bridgehead atoms. The molecule has 4 aliphatic rings. The van der Waals surface area contributed by atoms with Gasteiger partial charge in [0.05, 0.1) is 19.3 Å². The first kappa shape index (κ1) is 26.5. The van der Waals surface area contributed by atoms with Gasteiger partial charge in [0.2, 0.25) is 0 Å². The van der Waals surface area contributed by atoms with E-state index in [1.807, 2.05) is 0 Å². The van der Waals surface area contributed by atoms with Crippen LogP contribution in [-0.4, -0.2) is 32.2 Å². The highest BCUT2D eigenvalue weighted by molar-refractivity contribution is 4.92. The maximum atomic E-state index is 12.5. The second-order valence-corrected chi connectivity index (χ2v) is 11.8. The number of hydrogen-bond donors (Lipinski definition) is 0. The molecule has 4 rings (SSSR count). The molecule has 3 aliphatic carbocycles. The molecule has 0 aromatic rings. The van der Waals surface area contributed by atoms with Crippen molar-refractivity contribution in [2.24, 2.45) is 35.5 Å². The fourth-order valence-corrected chi connectivity index (χ4v) is 7.19. The highest BCUT2D eigenvalue weighted by Crippen LogP contribution is 2.43. The van der Waals surface area contributed by atoms with Crippen LogP contribution >= 0.6 is 0 Å². The minimum Gasteiger partial charge on any atom is -0.378 e. The zero-order chi connectivity index (χ0) is 23.8. The van der Waals surface area contributed by atoms with Crippen molar-refractivity contribution in [3.05, 3.63) is 12.2 Å². The highest BCUT2D eigenvalue weighted by atomic mass is 19.3. The third-order valence-electron chi connectivity index (χ3n) is 9.37. The first-order chi connectivity index (χ1) is 16.6. The Kier molecular flexibility index (Phi) is 10.7. The number of allylic oxidation sites excluding steroid dienone is 1. The molecule has 0 unspecified atom stereocenters. The summed E-state index contributed by atoms with van der Waals surface area (Å²) in [5.74, 6) is 3.56. The molecule has 0 aromatic heterocycles. The summed E-state index contributed by atoms with van der Waals surface area (Å²) in [4.78, 5) is 0. The van der Waals surface area contributed by atoms with Crippen LogP contribution in [-0.2, 0) is 14.2 Å². The van der Waals surface area contributed by atoms with Crippen molar-refractivity contribution in [2.45, 2.75) is 116 Å². The van der Waals surface area contributed by atoms with Crippen LogP contribution in [0.1, 0.15) is 103 Å². The quantitative estimate of drug-likeness (QED) is 0.332. The van der Waals surface area contributed by atoms with Crippen molar-refractivity contribution in [2.75, 3.05) is 19.8 Å². The Morgan fingerprint density at radius 2 is 1.29 bits per heavy atom. The molecular weight excluding hydrogens is 434 g/mol. The fourth-order valence-electron chi connectivity index (χ4n) is 7.19. The Morgan fingerprint density at radius 1 is 0.735 bits per heavy atom. The topological polar surface area (TPSA) is 27.7 Å². The minimum atomic E-state index is -1.50. The maximum absolute atomic E-state index is 12.5. The van der Waals surface area contributed by atoms with E-state index in [1.54, 1.807) is 0 Å². The zero-order valence-electron chi connectivity index (χ0n) is 21.4. The van der Waals surface area contributed by atoms with Crippen LogP contribution in [0.15, 0.2) is 12.2 Å². The standard InChI is InChI=1S/C29H48F2O3/c1-2-17-32-27-15-7-21(8-16-27)3-4-23-19-33-29(34-20-23)26-13-11-25(12-14-26)24-9-5-22(6-10-24)18-28(30)31/h18,21-27,29H,2-17,19-20H2,1H3. The van der Waals surface area contributed by atoms with Gasteiger partial charge in [-0.05, 0) is 120 Å². The van der Waals surface area contributed by atoms with Crippen LogP contribution in [0.3, 0.4) is 0 Å². The molecule has 0 atom stereocenters. The molecule has 196 valence electrons. The van der Waals surface area contributed by atoms with Gasteiger partial charge in [0.15, 0.2) is 6.29 Å². The average molecular weight is 483 g/mol. The Balaban J connectivity index is 1.07. The van der Waals surface area contributed by atoms with E-state index >= 15 is 0 Å². The minimum absolute atomic E-state index is 0.00300. The lowest BCUT2D eigenvalue weighted by Crippen LogP contribution is -2.39. The van der Waals surface area contributed by atoms with E-state index in [4.69, 9.17) is 14.2 Å². The van der Waals surface area contributed by atoms with E-state index in [9.17, 15) is 8.78 Å². The summed E-state index contributed by atoms with van der Waals surface area (Å²) in [7, 11) is 0. The third kappa shape index (κ3) is 8.00. The summed E-state index contributed by atoms with van der Waals surface area (Å²) in [6.07, 6.45) is 18.0. The van der Waals surface area contributed by atoms with Gasteiger partial charge in [-0.15, -0.1) is 0 Å². The van der Waals surface area contributed by atoms with E-state index in [-0.39, 0.29) is 12.2 Å². The van der Waals surface area contributed by atoms with Gasteiger partial charge < -0.3 is 14.2 Å². The summed E-state index contributed by atoms with van der Waals surface area (Å²) in [5.41, 5.74) is 0. The summed E-state index contributed by atoms with van der Waals surface area (Å²) < 4.78 is 43.5. The summed E-state index contributed by atoms with van der Waals surface area (Å²) in [6.45, 7) is 4.82. The molecule has 0 radical (unpaired) electrons. The third-order valence-corrected chi connectivity index (χ3v) is 9.37. The van der Waals surface area contributed by atoms with Gasteiger partial charge in [-0.3, -0.25) is 0 Å². The van der Waals surface area contributed by atoms with Crippen molar-refractivity contribution in [1.29, 1.82) is 0 Å². The van der Waals surface area contributed by atoms with Crippen molar-refractivity contribution in [3.63, 3.8) is 0 Å². The lowest BCUT2D eigenvalue weighted by molar-refractivity contribution is -0.230. The van der Waals surface area contributed by atoms with E-state index < -0.39 is 6.08 Å². The molecule has 4 fully saturated rings. The van der Waals surface area contributed by atoms with Crippen LogP contribution < -0.4 is 0 Å². The maximum Gasteiger partial charge on any atom is 0.266 e. The van der Waals surface area contributed by atoms with Gasteiger partial charge in [-0.1, -0.05) is 13.3 Å². The van der Waals surface area contributed by atoms with Gasteiger partial charge in [0, 0.05) is 18.4 Å². The van der Waals surface area contributed by atoms with E-state index in [0.29, 0.717) is 17.9 Å². The molecule has 0 spiro atoms. The molecule has 3 nitrogen and oxygen atoms in total. The van der Waals surface area contributed by atoms with E-state index in [1.165, 1.54) is 70.3 Å². The summed E-state index contributed by atoms with van der Waals surface area (Å²) in [6, 6.07) is 0. The van der Waals surface area contributed by atoms with Crippen LogP contribution in [0, 0.1) is 35.5 Å². The second kappa shape index (κ2) is 13.7. The fraction of sp³-hybridized carbons (Fsp3) is 0.931. The van der Waals surface area contributed by atoms with E-state index in [2.05, 4.69) is 6.92 Å². The molecule has 0 aromatic carbocycles. The molecular formula is C29H48F2O3. The second-order valence-electron chi connectivity index (χ2n) is 11.8. The van der Waals surface area contributed by atoms with Gasteiger partial charge >= 0.3 is 0 Å². The zero-order valence-corrected chi connectivity index (χ0v) is 21.4. The van der Waals surface area contributed by atoms with Gasteiger partial charge in [0.25, 0.3) is 6.08 Å². The van der Waals surface area contributed by atoms with Crippen LogP contribution in [0.5, 0.6) is 0 Å². The largest absolute Gasteiger partial charge is 0.378 e. The smallest absolute Gasteiger partial charge is 0.266 e. The van der Waals surface area contributed by atoms with Gasteiger partial charge in [0.1, 0.15) is 0 Å². The Morgan fingerprint density at radius 3 is 1.88 bits per heavy atom. The Bertz CT molecular complexity index is 590. The highest BCUT2D eigenvalue weighted by Gasteiger charge is 2.36. The van der Waals surface area contributed by atoms with Crippen molar-refractivity contribution < 1.29 is 23.0 Å². The average Bonchev–Trinajstić information content (AvgIpc) is 2.87. The number of halogens is 2. The SMILES string of the molecule is CCCOC1CCC(CCC2COC(C3CCC(C4CCC(C=C(F)F)CC4)CC3)OC2)CC1. The van der Waals surface area contributed by atoms with Crippen LogP contribution in [0.2, 0.25) is 0 Å². The van der Waals surface area contributed by atoms with Crippen molar-refractivity contribution in [1.82, 2.24) is 0 Å². The first-order valence-electron chi connectivity index (χ1n) is 14.5. The summed E-state index contributed by atoms with van der Waals surface area (Å²) in [5, 5.41) is 0. The Labute approximate surface area is 206 Å². The van der Waals surface area contributed by atoms with E-state index in [0.717, 1.165) is 69.7 Å². The Hall–Kier alpha value is -0.520. The lowest BCUT2D eigenvalue weighted by atomic mass is 9.69. The molecule has 0 amide bonds. The number of hydrogen-bond acceptors (Lipinski definition) is 3. The number of rotatable bonds is 9.